The first-order valence-electron chi connectivity index (χ1n) is 7.83. The maximum absolute atomic E-state index is 12.4. The monoisotopic (exact) mass is 327 g/mol. The highest BCUT2D eigenvalue weighted by Crippen LogP contribution is 2.34. The zero-order valence-electron chi connectivity index (χ0n) is 13.1. The molecule has 1 aliphatic carbocycles. The highest BCUT2D eigenvalue weighted by atomic mass is 16.5. The first-order chi connectivity index (χ1) is 11.5. The van der Waals surface area contributed by atoms with E-state index in [0.29, 0.717) is 24.0 Å². The van der Waals surface area contributed by atoms with E-state index in [4.69, 9.17) is 10.00 Å². The summed E-state index contributed by atoms with van der Waals surface area (Å²) in [6.45, 7) is -0.409. The predicted molar refractivity (Wildman–Crippen MR) is 82.4 cm³/mol. The number of carbonyl (C=O) groups is 3. The summed E-state index contributed by atoms with van der Waals surface area (Å²) in [6, 6.07) is 8.17. The van der Waals surface area contributed by atoms with Gasteiger partial charge in [-0.3, -0.25) is 14.5 Å². The van der Waals surface area contributed by atoms with Crippen molar-refractivity contribution in [1.29, 1.82) is 5.26 Å². The van der Waals surface area contributed by atoms with Gasteiger partial charge >= 0.3 is 12.0 Å². The lowest BCUT2D eigenvalue weighted by Gasteiger charge is -2.19. The van der Waals surface area contributed by atoms with E-state index in [0.717, 1.165) is 17.7 Å². The maximum Gasteiger partial charge on any atom is 0.326 e. The van der Waals surface area contributed by atoms with Crippen molar-refractivity contribution < 1.29 is 19.1 Å². The molecule has 1 spiro atoms. The van der Waals surface area contributed by atoms with Crippen LogP contribution in [-0.4, -0.2) is 34.9 Å². The van der Waals surface area contributed by atoms with Gasteiger partial charge in [0.1, 0.15) is 18.7 Å². The smallest absolute Gasteiger partial charge is 0.326 e. The predicted octanol–water partition coefficient (Wildman–Crippen LogP) is 1.47. The normalized spacial score (nSPS) is 18.5. The second-order valence-corrected chi connectivity index (χ2v) is 6.08. The molecule has 0 atom stereocenters. The number of esters is 1. The van der Waals surface area contributed by atoms with Gasteiger partial charge in [-0.2, -0.15) is 5.26 Å². The lowest BCUT2D eigenvalue weighted by Crippen LogP contribution is -2.44. The van der Waals surface area contributed by atoms with E-state index in [1.807, 2.05) is 6.07 Å². The number of rotatable bonds is 4. The van der Waals surface area contributed by atoms with Gasteiger partial charge in [0, 0.05) is 0 Å². The molecule has 1 saturated carbocycles. The molecule has 0 radical (unpaired) electrons. The average Bonchev–Trinajstić information content (AvgIpc) is 3.14. The van der Waals surface area contributed by atoms with Crippen LogP contribution in [0.3, 0.4) is 0 Å². The summed E-state index contributed by atoms with van der Waals surface area (Å²) in [6.07, 6.45) is 3.01. The second-order valence-electron chi connectivity index (χ2n) is 6.08. The minimum absolute atomic E-state index is 0.0108. The van der Waals surface area contributed by atoms with Gasteiger partial charge in [-0.1, -0.05) is 25.0 Å². The molecule has 2 aliphatic rings. The Kier molecular flexibility index (Phi) is 4.21. The molecule has 1 saturated heterocycles. The number of ether oxygens (including phenoxy) is 1. The number of hydrogen-bond donors (Lipinski definition) is 1. The maximum atomic E-state index is 12.4. The van der Waals surface area contributed by atoms with Crippen molar-refractivity contribution in [3.8, 4) is 6.07 Å². The third kappa shape index (κ3) is 2.95. The quantitative estimate of drug-likeness (QED) is 0.667. The molecule has 3 rings (SSSR count). The van der Waals surface area contributed by atoms with Crippen molar-refractivity contribution in [2.45, 2.75) is 37.8 Å². The van der Waals surface area contributed by atoms with Gasteiger partial charge in [0.05, 0.1) is 11.6 Å². The third-order valence-electron chi connectivity index (χ3n) is 4.45. The number of amides is 3. The van der Waals surface area contributed by atoms with Crippen LogP contribution in [0.4, 0.5) is 4.79 Å². The number of carbonyl (C=O) groups excluding carboxylic acids is 3. The molecule has 0 bridgehead atoms. The zero-order valence-corrected chi connectivity index (χ0v) is 13.1. The molecule has 1 N–H and O–H groups in total. The summed E-state index contributed by atoms with van der Waals surface area (Å²) in [4.78, 5) is 37.3. The highest BCUT2D eigenvalue weighted by Gasteiger charge is 2.52. The lowest BCUT2D eigenvalue weighted by molar-refractivity contribution is -0.148. The Morgan fingerprint density at radius 1 is 1.33 bits per heavy atom. The first-order valence-corrected chi connectivity index (χ1v) is 7.83. The number of nitrogens with one attached hydrogen (secondary N) is 1. The van der Waals surface area contributed by atoms with Crippen molar-refractivity contribution in [3.05, 3.63) is 35.4 Å². The number of nitrogens with zero attached hydrogens (tertiary/aromatic N) is 2. The van der Waals surface area contributed by atoms with Gasteiger partial charge < -0.3 is 10.1 Å². The lowest BCUT2D eigenvalue weighted by atomic mass is 9.98. The van der Waals surface area contributed by atoms with Crippen LogP contribution >= 0.6 is 0 Å². The molecule has 7 nitrogen and oxygen atoms in total. The fourth-order valence-corrected chi connectivity index (χ4v) is 3.21. The van der Waals surface area contributed by atoms with Crippen LogP contribution in [0, 0.1) is 11.3 Å². The standard InChI is InChI=1S/C17H17N3O4/c18-9-12-4-3-5-13(8-12)11-24-14(21)10-20-15(22)17(19-16(20)23)6-1-2-7-17/h3-5,8H,1-2,6-7,10-11H2,(H,19,23). The molecule has 7 heteroatoms. The van der Waals surface area contributed by atoms with Crippen LogP contribution in [0.25, 0.3) is 0 Å². The minimum atomic E-state index is -0.821. The van der Waals surface area contributed by atoms with E-state index in [-0.39, 0.29) is 12.5 Å². The summed E-state index contributed by atoms with van der Waals surface area (Å²) in [5.74, 6) is -0.996. The summed E-state index contributed by atoms with van der Waals surface area (Å²) in [5.41, 5.74) is 0.325. The molecule has 2 fully saturated rings. The minimum Gasteiger partial charge on any atom is -0.459 e. The highest BCUT2D eigenvalue weighted by molar-refractivity contribution is 6.08. The summed E-state index contributed by atoms with van der Waals surface area (Å²) in [7, 11) is 0. The van der Waals surface area contributed by atoms with Gasteiger partial charge in [0.25, 0.3) is 5.91 Å². The Morgan fingerprint density at radius 2 is 2.08 bits per heavy atom. The van der Waals surface area contributed by atoms with E-state index in [1.165, 1.54) is 0 Å². The largest absolute Gasteiger partial charge is 0.459 e. The van der Waals surface area contributed by atoms with Crippen LogP contribution in [0.2, 0.25) is 0 Å². The molecular formula is C17H17N3O4. The van der Waals surface area contributed by atoms with E-state index < -0.39 is 24.1 Å². The van der Waals surface area contributed by atoms with E-state index in [2.05, 4.69) is 5.32 Å². The molecule has 1 aromatic rings. The number of nitriles is 1. The first kappa shape index (κ1) is 16.0. The number of urea groups is 1. The Morgan fingerprint density at radius 3 is 2.79 bits per heavy atom. The third-order valence-corrected chi connectivity index (χ3v) is 4.45. The fraction of sp³-hybridized carbons (Fsp3) is 0.412. The molecule has 124 valence electrons. The van der Waals surface area contributed by atoms with E-state index >= 15 is 0 Å². The Bertz CT molecular complexity index is 732. The molecule has 0 aromatic heterocycles. The van der Waals surface area contributed by atoms with Crippen molar-refractivity contribution >= 4 is 17.9 Å². The van der Waals surface area contributed by atoms with Gasteiger partial charge in [-0.15, -0.1) is 0 Å². The van der Waals surface area contributed by atoms with Crippen LogP contribution in [0.15, 0.2) is 24.3 Å². The van der Waals surface area contributed by atoms with Gasteiger partial charge in [0.15, 0.2) is 0 Å². The summed E-state index contributed by atoms with van der Waals surface area (Å²) in [5, 5.41) is 11.6. The average molecular weight is 327 g/mol. The molecule has 1 heterocycles. The Hall–Kier alpha value is -2.88. The van der Waals surface area contributed by atoms with E-state index in [9.17, 15) is 14.4 Å². The van der Waals surface area contributed by atoms with Gasteiger partial charge in [-0.25, -0.2) is 4.79 Å². The summed E-state index contributed by atoms with van der Waals surface area (Å²) >= 11 is 0. The van der Waals surface area contributed by atoms with E-state index in [1.54, 1.807) is 24.3 Å². The number of benzene rings is 1. The van der Waals surface area contributed by atoms with Crippen LogP contribution in [0.1, 0.15) is 36.8 Å². The number of hydrogen-bond acceptors (Lipinski definition) is 5. The topological polar surface area (TPSA) is 99.5 Å². The van der Waals surface area contributed by atoms with Crippen LogP contribution in [0.5, 0.6) is 0 Å². The van der Waals surface area contributed by atoms with Crippen molar-refractivity contribution in [2.24, 2.45) is 0 Å². The Balaban J connectivity index is 1.58. The van der Waals surface area contributed by atoms with Crippen LogP contribution in [-0.2, 0) is 20.9 Å². The number of imide groups is 1. The molecule has 24 heavy (non-hydrogen) atoms. The molecule has 0 unspecified atom stereocenters. The molecular weight excluding hydrogens is 310 g/mol. The molecule has 3 amide bonds. The van der Waals surface area contributed by atoms with Gasteiger partial charge in [0.2, 0.25) is 0 Å². The molecule has 1 aromatic carbocycles. The zero-order chi connectivity index (χ0) is 17.2. The fourth-order valence-electron chi connectivity index (χ4n) is 3.21. The van der Waals surface area contributed by atoms with Gasteiger partial charge in [-0.05, 0) is 30.5 Å². The van der Waals surface area contributed by atoms with Crippen LogP contribution < -0.4 is 5.32 Å². The molecule has 1 aliphatic heterocycles. The van der Waals surface area contributed by atoms with Crippen molar-refractivity contribution in [3.63, 3.8) is 0 Å². The Labute approximate surface area is 139 Å². The SMILES string of the molecule is N#Cc1cccc(COC(=O)CN2C(=O)NC3(CCCC3)C2=O)c1. The second kappa shape index (κ2) is 6.32. The van der Waals surface area contributed by atoms with Crippen molar-refractivity contribution in [2.75, 3.05) is 6.54 Å². The summed E-state index contributed by atoms with van der Waals surface area (Å²) < 4.78 is 5.12. The van der Waals surface area contributed by atoms with Crippen molar-refractivity contribution in [1.82, 2.24) is 10.2 Å².